The van der Waals surface area contributed by atoms with E-state index in [-0.39, 0.29) is 10.5 Å². The van der Waals surface area contributed by atoms with Gasteiger partial charge in [0.25, 0.3) is 11.8 Å². The maximum absolute atomic E-state index is 11.6. The summed E-state index contributed by atoms with van der Waals surface area (Å²) in [5.74, 6) is 1.11. The number of amidine groups is 1. The van der Waals surface area contributed by atoms with Crippen molar-refractivity contribution in [2.45, 2.75) is 25.7 Å². The Balaban J connectivity index is 1.48. The van der Waals surface area contributed by atoms with Crippen molar-refractivity contribution in [2.75, 3.05) is 10.6 Å². The maximum atomic E-state index is 11.6. The third-order valence-electron chi connectivity index (χ3n) is 5.63. The van der Waals surface area contributed by atoms with Gasteiger partial charge in [0.15, 0.2) is 11.9 Å². The van der Waals surface area contributed by atoms with E-state index in [2.05, 4.69) is 26.7 Å². The van der Waals surface area contributed by atoms with E-state index in [0.29, 0.717) is 18.2 Å². The van der Waals surface area contributed by atoms with E-state index in [1.54, 1.807) is 12.4 Å². The van der Waals surface area contributed by atoms with E-state index in [1.165, 1.54) is 0 Å². The first kappa shape index (κ1) is 18.9. The number of nitrogens with one attached hydrogen (secondary N) is 2. The predicted octanol–water partition coefficient (Wildman–Crippen LogP) is 3.64. The number of benzene rings is 2. The molecule has 0 spiro atoms. The highest BCUT2D eigenvalue weighted by Gasteiger charge is 2.43. The van der Waals surface area contributed by atoms with E-state index in [4.69, 9.17) is 5.10 Å². The Morgan fingerprint density at radius 1 is 1.19 bits per heavy atom. The fourth-order valence-corrected chi connectivity index (χ4v) is 3.81. The molecule has 3 heterocycles. The predicted molar refractivity (Wildman–Crippen MR) is 122 cm³/mol. The summed E-state index contributed by atoms with van der Waals surface area (Å²) in [5, 5.41) is 20.3. The summed E-state index contributed by atoms with van der Waals surface area (Å²) in [6.45, 7) is 3.79. The van der Waals surface area contributed by atoms with Gasteiger partial charge in [-0.05, 0) is 48.3 Å². The molecule has 1 unspecified atom stereocenters. The van der Waals surface area contributed by atoms with Gasteiger partial charge in [-0.2, -0.15) is 10.3 Å². The number of anilines is 2. The van der Waals surface area contributed by atoms with Crippen LogP contribution in [-0.4, -0.2) is 23.9 Å². The number of amides is 1. The van der Waals surface area contributed by atoms with Gasteiger partial charge in [0.1, 0.15) is 6.21 Å². The molecule has 8 nitrogen and oxygen atoms in total. The van der Waals surface area contributed by atoms with E-state index in [9.17, 15) is 10.1 Å². The Hall–Kier alpha value is -4.09. The quantitative estimate of drug-likeness (QED) is 0.755. The Labute approximate surface area is 179 Å². The molecule has 0 aliphatic carbocycles. The highest BCUT2D eigenvalue weighted by atomic mass is 16.1. The van der Waals surface area contributed by atoms with Crippen molar-refractivity contribution >= 4 is 41.0 Å². The fraction of sp³-hybridized carbons (Fsp3) is 0.174. The normalized spacial score (nSPS) is 21.0. The molecule has 0 aromatic heterocycles. The zero-order valence-corrected chi connectivity index (χ0v) is 17.1. The van der Waals surface area contributed by atoms with Crippen LogP contribution < -0.4 is 15.2 Å². The summed E-state index contributed by atoms with van der Waals surface area (Å²) in [7, 11) is 0. The topological polar surface area (TPSA) is 102 Å². The third kappa shape index (κ3) is 3.12. The molecule has 3 aliphatic heterocycles. The summed E-state index contributed by atoms with van der Waals surface area (Å²) in [6, 6.07) is 15.9. The van der Waals surface area contributed by atoms with Crippen LogP contribution in [0.5, 0.6) is 0 Å². The number of nitriles is 1. The van der Waals surface area contributed by atoms with E-state index >= 15 is 0 Å². The van der Waals surface area contributed by atoms with Gasteiger partial charge >= 0.3 is 0 Å². The van der Waals surface area contributed by atoms with Gasteiger partial charge in [-0.3, -0.25) is 9.79 Å². The van der Waals surface area contributed by atoms with Crippen LogP contribution in [0.4, 0.5) is 17.1 Å². The first-order valence-electron chi connectivity index (χ1n) is 9.91. The molecule has 0 saturated carbocycles. The van der Waals surface area contributed by atoms with Gasteiger partial charge in [-0.25, -0.2) is 0 Å². The Bertz CT molecular complexity index is 1260. The SMILES string of the molecule is CC(C)(C#N)c1ccc([N+]23C=CN=CC2=NC(Nc2ccc4c(c2)CC(=O)N4)=N3)cc1. The molecule has 0 bridgehead atoms. The second-order valence-corrected chi connectivity index (χ2v) is 8.16. The molecule has 0 radical (unpaired) electrons. The van der Waals surface area contributed by atoms with Crippen LogP contribution in [0.15, 0.2) is 70.0 Å². The van der Waals surface area contributed by atoms with Crippen molar-refractivity contribution < 1.29 is 4.79 Å². The van der Waals surface area contributed by atoms with Crippen molar-refractivity contribution in [1.82, 2.24) is 4.59 Å². The number of rotatable bonds is 3. The molecule has 1 amide bonds. The molecule has 2 aromatic rings. The van der Waals surface area contributed by atoms with Gasteiger partial charge in [-0.1, -0.05) is 16.7 Å². The first-order chi connectivity index (χ1) is 14.9. The highest BCUT2D eigenvalue weighted by Crippen LogP contribution is 2.33. The van der Waals surface area contributed by atoms with E-state index < -0.39 is 5.41 Å². The molecule has 2 N–H and O–H groups in total. The van der Waals surface area contributed by atoms with Crippen LogP contribution in [0.2, 0.25) is 0 Å². The fourth-order valence-electron chi connectivity index (χ4n) is 3.81. The lowest BCUT2D eigenvalue weighted by atomic mass is 9.86. The lowest BCUT2D eigenvalue weighted by Crippen LogP contribution is -2.44. The number of fused-ring (bicyclic) bond motifs is 2. The maximum Gasteiger partial charge on any atom is 0.287 e. The average Bonchev–Trinajstić information content (AvgIpc) is 3.33. The monoisotopic (exact) mass is 410 g/mol. The minimum absolute atomic E-state index is 0.00314. The van der Waals surface area contributed by atoms with Gasteiger partial charge in [0.05, 0.1) is 24.1 Å². The second kappa shape index (κ2) is 6.72. The van der Waals surface area contributed by atoms with Crippen LogP contribution in [0.25, 0.3) is 0 Å². The van der Waals surface area contributed by atoms with Gasteiger partial charge in [0.2, 0.25) is 5.91 Å². The Morgan fingerprint density at radius 2 is 2.00 bits per heavy atom. The number of carbonyl (C=O) groups is 1. The molecule has 3 aliphatic rings. The molecule has 1 atom stereocenters. The Kier molecular flexibility index (Phi) is 4.10. The van der Waals surface area contributed by atoms with Gasteiger partial charge in [0, 0.05) is 23.5 Å². The number of aliphatic imine (C=N–C) groups is 2. The van der Waals surface area contributed by atoms with E-state index in [1.807, 2.05) is 62.5 Å². The molecule has 8 heteroatoms. The van der Waals surface area contributed by atoms with Crippen LogP contribution in [0.3, 0.4) is 0 Å². The average molecular weight is 410 g/mol. The van der Waals surface area contributed by atoms with Crippen molar-refractivity contribution in [2.24, 2.45) is 15.1 Å². The summed E-state index contributed by atoms with van der Waals surface area (Å²) in [5.41, 5.74) is 3.85. The minimum atomic E-state index is -0.570. The summed E-state index contributed by atoms with van der Waals surface area (Å²) >= 11 is 0. The van der Waals surface area contributed by atoms with Crippen molar-refractivity contribution in [3.8, 4) is 6.07 Å². The smallest absolute Gasteiger partial charge is 0.287 e. The van der Waals surface area contributed by atoms with Crippen molar-refractivity contribution in [3.63, 3.8) is 0 Å². The number of carbonyl (C=O) groups excluding carboxylic acids is 1. The summed E-state index contributed by atoms with van der Waals surface area (Å²) in [4.78, 5) is 20.5. The van der Waals surface area contributed by atoms with Crippen LogP contribution in [0, 0.1) is 11.3 Å². The molecule has 5 rings (SSSR count). The van der Waals surface area contributed by atoms with Crippen molar-refractivity contribution in [3.05, 3.63) is 66.0 Å². The zero-order chi connectivity index (χ0) is 21.6. The summed E-state index contributed by atoms with van der Waals surface area (Å²) in [6.07, 6.45) is 5.62. The first-order valence-corrected chi connectivity index (χ1v) is 9.91. The standard InChI is InChI=1S/C23H19N7O/c1-23(2,14-24)16-3-6-18(7-4-16)30-10-9-25-13-20(30)28-22(29-30)26-17-5-8-19-15(11-17)12-21(31)27-19/h3-11,13H,12H2,1-2H3,(H-,25,26,27,28,29,31)/p+1. The number of quaternary nitrogens is 1. The number of guanidine groups is 1. The number of hydrogen-bond donors (Lipinski definition) is 2. The minimum Gasteiger partial charge on any atom is -0.326 e. The highest BCUT2D eigenvalue weighted by molar-refractivity contribution is 6.38. The molecule has 0 fully saturated rings. The van der Waals surface area contributed by atoms with Crippen LogP contribution in [-0.2, 0) is 16.6 Å². The Morgan fingerprint density at radius 3 is 2.77 bits per heavy atom. The van der Waals surface area contributed by atoms with Crippen molar-refractivity contribution in [1.29, 1.82) is 5.26 Å². The van der Waals surface area contributed by atoms with Crippen LogP contribution in [0.1, 0.15) is 25.0 Å². The third-order valence-corrected chi connectivity index (χ3v) is 5.63. The molecule has 31 heavy (non-hydrogen) atoms. The number of hydrogen-bond acceptors (Lipinski definition) is 6. The van der Waals surface area contributed by atoms with Crippen LogP contribution >= 0.6 is 0 Å². The second-order valence-electron chi connectivity index (χ2n) is 8.16. The van der Waals surface area contributed by atoms with Gasteiger partial charge < -0.3 is 10.6 Å². The molecule has 2 aromatic carbocycles. The molecule has 152 valence electrons. The lowest BCUT2D eigenvalue weighted by Gasteiger charge is -2.24. The molecular formula is C23H20N7O+. The van der Waals surface area contributed by atoms with E-state index in [0.717, 1.165) is 28.2 Å². The summed E-state index contributed by atoms with van der Waals surface area (Å²) < 4.78 is 0.0596. The lowest BCUT2D eigenvalue weighted by molar-refractivity contribution is -0.115. The van der Waals surface area contributed by atoms with Gasteiger partial charge in [-0.15, -0.1) is 0 Å². The number of nitrogens with zero attached hydrogens (tertiary/aromatic N) is 5. The molecular weight excluding hydrogens is 390 g/mol. The molecule has 0 saturated heterocycles. The zero-order valence-electron chi connectivity index (χ0n) is 17.1. The largest absolute Gasteiger partial charge is 0.326 e.